The van der Waals surface area contributed by atoms with Crippen molar-refractivity contribution in [2.75, 3.05) is 13.2 Å². The largest absolute Gasteiger partial charge is 0.394 e. The maximum absolute atomic E-state index is 12.6. The fourth-order valence-corrected chi connectivity index (χ4v) is 7.64. The van der Waals surface area contributed by atoms with Crippen molar-refractivity contribution in [3.63, 3.8) is 0 Å². The topological polar surface area (TPSA) is 149 Å². The van der Waals surface area contributed by atoms with E-state index in [-0.39, 0.29) is 12.5 Å². The second kappa shape index (κ2) is 38.8. The molecule has 0 radical (unpaired) electrons. The van der Waals surface area contributed by atoms with Crippen LogP contribution < -0.4 is 5.32 Å². The Hall–Kier alpha value is -1.33. The van der Waals surface area contributed by atoms with Crippen LogP contribution in [0.5, 0.6) is 0 Å². The Labute approximate surface area is 349 Å². The number of aliphatic hydroxyl groups is 5. The molecule has 336 valence electrons. The van der Waals surface area contributed by atoms with Gasteiger partial charge >= 0.3 is 0 Å². The molecule has 7 atom stereocenters. The van der Waals surface area contributed by atoms with Gasteiger partial charge < -0.3 is 40.3 Å². The van der Waals surface area contributed by atoms with Gasteiger partial charge in [0, 0.05) is 6.42 Å². The molecule has 0 spiro atoms. The molecular weight excluding hydrogens is 719 g/mol. The zero-order chi connectivity index (χ0) is 41.6. The van der Waals surface area contributed by atoms with E-state index in [1.165, 1.54) is 161 Å². The van der Waals surface area contributed by atoms with E-state index in [9.17, 15) is 30.3 Å². The number of rotatable bonds is 40. The molecule has 0 saturated carbocycles. The van der Waals surface area contributed by atoms with Gasteiger partial charge in [-0.3, -0.25) is 4.79 Å². The minimum Gasteiger partial charge on any atom is -0.394 e. The fourth-order valence-electron chi connectivity index (χ4n) is 7.64. The molecule has 1 saturated heterocycles. The highest BCUT2D eigenvalue weighted by Gasteiger charge is 2.44. The smallest absolute Gasteiger partial charge is 0.220 e. The first-order valence-electron chi connectivity index (χ1n) is 24.1. The van der Waals surface area contributed by atoms with Crippen molar-refractivity contribution in [3.05, 3.63) is 24.3 Å². The number of nitrogens with one attached hydrogen (secondary N) is 1. The summed E-state index contributed by atoms with van der Waals surface area (Å²) < 4.78 is 11.1. The van der Waals surface area contributed by atoms with Crippen molar-refractivity contribution in [3.8, 4) is 0 Å². The van der Waals surface area contributed by atoms with Crippen LogP contribution in [0.3, 0.4) is 0 Å². The molecule has 1 aliphatic rings. The van der Waals surface area contributed by atoms with Crippen molar-refractivity contribution in [1.82, 2.24) is 5.32 Å². The van der Waals surface area contributed by atoms with Crippen molar-refractivity contribution < 1.29 is 39.8 Å². The third kappa shape index (κ3) is 29.5. The number of allylic oxidation sites excluding steroid dienone is 3. The molecule has 1 fully saturated rings. The van der Waals surface area contributed by atoms with Gasteiger partial charge in [-0.25, -0.2) is 0 Å². The third-order valence-electron chi connectivity index (χ3n) is 11.5. The Balaban J connectivity index is 2.05. The van der Waals surface area contributed by atoms with Crippen LogP contribution in [0.1, 0.15) is 219 Å². The first-order chi connectivity index (χ1) is 27.8. The summed E-state index contributed by atoms with van der Waals surface area (Å²) in [5.41, 5.74) is 0. The fraction of sp³-hybridized carbons (Fsp3) is 0.896. The number of unbranched alkanes of at least 4 members (excludes halogenated alkanes) is 28. The first kappa shape index (κ1) is 53.7. The van der Waals surface area contributed by atoms with Crippen LogP contribution >= 0.6 is 0 Å². The van der Waals surface area contributed by atoms with Crippen LogP contribution in [0.4, 0.5) is 0 Å². The lowest BCUT2D eigenvalue weighted by Crippen LogP contribution is -2.60. The van der Waals surface area contributed by atoms with E-state index in [2.05, 4.69) is 31.3 Å². The molecule has 0 bridgehead atoms. The molecule has 0 aromatic heterocycles. The molecular formula is C48H91NO8. The second-order valence-electron chi connectivity index (χ2n) is 16.9. The van der Waals surface area contributed by atoms with Gasteiger partial charge in [-0.1, -0.05) is 205 Å². The summed E-state index contributed by atoms with van der Waals surface area (Å²) in [7, 11) is 0. The second-order valence-corrected chi connectivity index (χ2v) is 16.9. The molecule has 9 nitrogen and oxygen atoms in total. The van der Waals surface area contributed by atoms with Gasteiger partial charge in [0.1, 0.15) is 24.4 Å². The number of carbonyl (C=O) groups excluding carboxylic acids is 1. The molecule has 9 heteroatoms. The molecule has 1 heterocycles. The van der Waals surface area contributed by atoms with Gasteiger partial charge in [0.25, 0.3) is 0 Å². The average Bonchev–Trinajstić information content (AvgIpc) is 3.21. The van der Waals surface area contributed by atoms with Gasteiger partial charge in [0.15, 0.2) is 6.29 Å². The molecule has 0 aliphatic carbocycles. The number of carbonyl (C=O) groups is 1. The van der Waals surface area contributed by atoms with Crippen LogP contribution in [0.15, 0.2) is 24.3 Å². The number of amides is 1. The lowest BCUT2D eigenvalue weighted by atomic mass is 9.99. The minimum absolute atomic E-state index is 0.201. The molecule has 6 N–H and O–H groups in total. The summed E-state index contributed by atoms with van der Waals surface area (Å²) in [6, 6.07) is -0.813. The van der Waals surface area contributed by atoms with E-state index in [1.54, 1.807) is 6.08 Å². The van der Waals surface area contributed by atoms with E-state index in [0.717, 1.165) is 38.5 Å². The molecule has 7 unspecified atom stereocenters. The quantitative estimate of drug-likeness (QED) is 0.0265. The first-order valence-corrected chi connectivity index (χ1v) is 24.1. The standard InChI is InChI=1S/C48H91NO8/c1-3-5-7-8-9-10-11-12-13-14-15-16-17-18-19-20-21-22-23-24-25-26-27-28-29-30-31-32-33-34-36-37-42(51)41(49-44(52)38-35-6-4-2)40-56-48-47(55)46(54)45(53)43(39-50)57-48/h31-32,36-37,41-43,45-48,50-51,53-55H,3-30,33-35,38-40H2,1-2H3,(H,49,52)/b32-31+,37-36+. The van der Waals surface area contributed by atoms with Gasteiger partial charge in [0.05, 0.1) is 25.4 Å². The van der Waals surface area contributed by atoms with Crippen LogP contribution in [-0.4, -0.2) is 87.5 Å². The molecule has 57 heavy (non-hydrogen) atoms. The van der Waals surface area contributed by atoms with Gasteiger partial charge in [0.2, 0.25) is 5.91 Å². The third-order valence-corrected chi connectivity index (χ3v) is 11.5. The lowest BCUT2D eigenvalue weighted by molar-refractivity contribution is -0.302. The van der Waals surface area contributed by atoms with Crippen LogP contribution in [0.25, 0.3) is 0 Å². The van der Waals surface area contributed by atoms with Crippen LogP contribution in [0, 0.1) is 0 Å². The summed E-state index contributed by atoms with van der Waals surface area (Å²) in [6.07, 6.45) is 40.7. The van der Waals surface area contributed by atoms with Crippen molar-refractivity contribution in [1.29, 1.82) is 0 Å². The SMILES string of the molecule is CCCCCCCCCCCCCCCCCCCCCCCCCCC/C=C/CC/C=C/C(O)C(COC1OC(CO)C(O)C(O)C1O)NC(=O)CCCCC. The van der Waals surface area contributed by atoms with Crippen LogP contribution in [-0.2, 0) is 14.3 Å². The van der Waals surface area contributed by atoms with E-state index in [0.29, 0.717) is 6.42 Å². The predicted molar refractivity (Wildman–Crippen MR) is 235 cm³/mol. The summed E-state index contributed by atoms with van der Waals surface area (Å²) in [5.74, 6) is -0.211. The molecule has 1 amide bonds. The minimum atomic E-state index is -1.57. The highest BCUT2D eigenvalue weighted by molar-refractivity contribution is 5.76. The zero-order valence-electron chi connectivity index (χ0n) is 36.9. The molecule has 0 aromatic rings. The molecule has 1 rings (SSSR count). The average molecular weight is 810 g/mol. The summed E-state index contributed by atoms with van der Waals surface area (Å²) in [4.78, 5) is 12.6. The highest BCUT2D eigenvalue weighted by atomic mass is 16.7. The number of ether oxygens (including phenoxy) is 2. The van der Waals surface area contributed by atoms with E-state index >= 15 is 0 Å². The Bertz CT molecular complexity index is 945. The molecule has 1 aliphatic heterocycles. The maximum atomic E-state index is 12.6. The van der Waals surface area contributed by atoms with Crippen LogP contribution in [0.2, 0.25) is 0 Å². The number of aliphatic hydroxyl groups excluding tert-OH is 5. The van der Waals surface area contributed by atoms with Gasteiger partial charge in [-0.15, -0.1) is 0 Å². The van der Waals surface area contributed by atoms with Gasteiger partial charge in [-0.2, -0.15) is 0 Å². The highest BCUT2D eigenvalue weighted by Crippen LogP contribution is 2.23. The van der Waals surface area contributed by atoms with E-state index in [1.807, 2.05) is 6.08 Å². The van der Waals surface area contributed by atoms with Crippen molar-refractivity contribution in [2.24, 2.45) is 0 Å². The Morgan fingerprint density at radius 1 is 0.579 bits per heavy atom. The van der Waals surface area contributed by atoms with E-state index < -0.39 is 49.5 Å². The normalized spacial score (nSPS) is 21.1. The summed E-state index contributed by atoms with van der Waals surface area (Å²) in [5, 5.41) is 53.6. The Morgan fingerprint density at radius 3 is 1.47 bits per heavy atom. The molecule has 0 aromatic carbocycles. The monoisotopic (exact) mass is 810 g/mol. The van der Waals surface area contributed by atoms with E-state index in [4.69, 9.17) is 9.47 Å². The Morgan fingerprint density at radius 2 is 1.00 bits per heavy atom. The van der Waals surface area contributed by atoms with Gasteiger partial charge in [-0.05, 0) is 32.1 Å². The maximum Gasteiger partial charge on any atom is 0.220 e. The Kier molecular flexibility index (Phi) is 36.6. The zero-order valence-corrected chi connectivity index (χ0v) is 36.9. The predicted octanol–water partition coefficient (Wildman–Crippen LogP) is 10.3. The lowest BCUT2D eigenvalue weighted by Gasteiger charge is -2.40. The van der Waals surface area contributed by atoms with Crippen molar-refractivity contribution in [2.45, 2.75) is 262 Å². The summed E-state index contributed by atoms with van der Waals surface area (Å²) in [6.45, 7) is 3.58. The van der Waals surface area contributed by atoms with Crippen molar-refractivity contribution >= 4 is 5.91 Å². The number of hydrogen-bond acceptors (Lipinski definition) is 8. The summed E-state index contributed by atoms with van der Waals surface area (Å²) >= 11 is 0. The number of hydrogen-bond donors (Lipinski definition) is 6.